The Morgan fingerprint density at radius 1 is 1.06 bits per heavy atom. The molecule has 0 atom stereocenters. The van der Waals surface area contributed by atoms with E-state index in [1.165, 1.54) is 0 Å². The minimum atomic E-state index is -0.397. The van der Waals surface area contributed by atoms with Gasteiger partial charge in [-0.1, -0.05) is 30.3 Å². The average molecular weight is 226 g/mol. The van der Waals surface area contributed by atoms with Crippen molar-refractivity contribution in [1.82, 2.24) is 0 Å². The fourth-order valence-corrected chi connectivity index (χ4v) is 1.59. The van der Waals surface area contributed by atoms with E-state index >= 15 is 0 Å². The molecule has 2 rings (SSSR count). The number of nitrogens with one attached hydrogen (secondary N) is 1. The second-order valence-corrected chi connectivity index (χ2v) is 3.78. The third-order valence-electron chi connectivity index (χ3n) is 2.48. The molecule has 3 nitrogen and oxygen atoms in total. The number of carbonyl (C=O) groups is 1. The molecule has 0 aliphatic carbocycles. The Morgan fingerprint density at radius 2 is 1.82 bits per heavy atom. The average Bonchev–Trinajstić information content (AvgIpc) is 2.38. The molecule has 0 saturated carbocycles. The number of hydrogen-bond acceptors (Lipinski definition) is 2. The first-order chi connectivity index (χ1) is 8.25. The Morgan fingerprint density at radius 3 is 2.53 bits per heavy atom. The van der Waals surface area contributed by atoms with Crippen LogP contribution in [0.4, 0.5) is 5.69 Å². The van der Waals surface area contributed by atoms with Crippen LogP contribution >= 0.6 is 0 Å². The molecule has 0 heterocycles. The van der Waals surface area contributed by atoms with E-state index in [1.54, 1.807) is 12.1 Å². The van der Waals surface area contributed by atoms with Crippen LogP contribution in [0.15, 0.2) is 54.6 Å². The Labute approximate surface area is 100 Å². The summed E-state index contributed by atoms with van der Waals surface area (Å²) in [7, 11) is 0. The van der Waals surface area contributed by atoms with Crippen LogP contribution in [0.1, 0.15) is 15.9 Å². The first-order valence-electron chi connectivity index (χ1n) is 5.43. The van der Waals surface area contributed by atoms with Gasteiger partial charge >= 0.3 is 0 Å². The van der Waals surface area contributed by atoms with E-state index < -0.39 is 5.91 Å². The first-order valence-corrected chi connectivity index (χ1v) is 5.43. The lowest BCUT2D eigenvalue weighted by molar-refractivity contribution is 0.1000. The summed E-state index contributed by atoms with van der Waals surface area (Å²) in [5.74, 6) is -0.397. The molecule has 0 spiro atoms. The maximum absolute atomic E-state index is 11.0. The van der Waals surface area contributed by atoms with E-state index in [0.717, 1.165) is 11.3 Å². The van der Waals surface area contributed by atoms with Crippen LogP contribution in [0.3, 0.4) is 0 Å². The number of anilines is 1. The molecule has 17 heavy (non-hydrogen) atoms. The molecular formula is C14H14N2O. The summed E-state index contributed by atoms with van der Waals surface area (Å²) in [6.07, 6.45) is 0. The fraction of sp³-hybridized carbons (Fsp3) is 0.0714. The van der Waals surface area contributed by atoms with Crippen molar-refractivity contribution < 1.29 is 4.79 Å². The monoisotopic (exact) mass is 226 g/mol. The van der Waals surface area contributed by atoms with Crippen LogP contribution < -0.4 is 11.1 Å². The Kier molecular flexibility index (Phi) is 3.40. The molecule has 2 aromatic carbocycles. The van der Waals surface area contributed by atoms with Crippen LogP contribution in [0.5, 0.6) is 0 Å². The summed E-state index contributed by atoms with van der Waals surface area (Å²) in [5, 5.41) is 3.27. The van der Waals surface area contributed by atoms with Gasteiger partial charge in [0, 0.05) is 17.8 Å². The Hall–Kier alpha value is -2.29. The molecular weight excluding hydrogens is 212 g/mol. The molecule has 0 radical (unpaired) electrons. The van der Waals surface area contributed by atoms with Gasteiger partial charge in [0.25, 0.3) is 0 Å². The highest BCUT2D eigenvalue weighted by atomic mass is 16.1. The molecule has 3 heteroatoms. The second-order valence-electron chi connectivity index (χ2n) is 3.78. The summed E-state index contributed by atoms with van der Waals surface area (Å²) in [4.78, 5) is 11.0. The van der Waals surface area contributed by atoms with Gasteiger partial charge in [0.05, 0.1) is 0 Å². The zero-order chi connectivity index (χ0) is 12.1. The number of amides is 1. The van der Waals surface area contributed by atoms with Crippen LogP contribution in [0, 0.1) is 0 Å². The summed E-state index contributed by atoms with van der Waals surface area (Å²) in [6.45, 7) is 0.672. The molecule has 0 aliphatic heterocycles. The van der Waals surface area contributed by atoms with E-state index in [-0.39, 0.29) is 0 Å². The zero-order valence-corrected chi connectivity index (χ0v) is 9.39. The number of rotatable bonds is 4. The summed E-state index contributed by atoms with van der Waals surface area (Å²) in [5.41, 5.74) is 7.86. The number of nitrogens with two attached hydrogens (primary N) is 1. The van der Waals surface area contributed by atoms with E-state index in [2.05, 4.69) is 5.32 Å². The standard InChI is InChI=1S/C14H14N2O/c15-14(17)12-6-4-5-11(9-12)10-16-13-7-2-1-3-8-13/h1-9,16H,10H2,(H2,15,17). The number of carbonyl (C=O) groups excluding carboxylic acids is 1. The lowest BCUT2D eigenvalue weighted by Crippen LogP contribution is -2.11. The third-order valence-corrected chi connectivity index (χ3v) is 2.48. The minimum absolute atomic E-state index is 0.397. The molecule has 0 aromatic heterocycles. The van der Waals surface area contributed by atoms with E-state index in [1.807, 2.05) is 42.5 Å². The predicted octanol–water partition coefficient (Wildman–Crippen LogP) is 2.40. The third kappa shape index (κ3) is 3.08. The lowest BCUT2D eigenvalue weighted by atomic mass is 10.1. The number of hydrogen-bond donors (Lipinski definition) is 2. The van der Waals surface area contributed by atoms with Crippen LogP contribution in [0.25, 0.3) is 0 Å². The zero-order valence-electron chi connectivity index (χ0n) is 9.39. The van der Waals surface area contributed by atoms with Gasteiger partial charge in [-0.3, -0.25) is 4.79 Å². The lowest BCUT2D eigenvalue weighted by Gasteiger charge is -2.06. The largest absolute Gasteiger partial charge is 0.381 e. The SMILES string of the molecule is NC(=O)c1cccc(CNc2ccccc2)c1. The quantitative estimate of drug-likeness (QED) is 0.841. The van der Waals surface area contributed by atoms with E-state index in [4.69, 9.17) is 5.73 Å². The minimum Gasteiger partial charge on any atom is -0.381 e. The van der Waals surface area contributed by atoms with Crippen molar-refractivity contribution in [2.75, 3.05) is 5.32 Å². The van der Waals surface area contributed by atoms with Crippen molar-refractivity contribution in [3.05, 3.63) is 65.7 Å². The molecule has 86 valence electrons. The smallest absolute Gasteiger partial charge is 0.248 e. The van der Waals surface area contributed by atoms with Crippen molar-refractivity contribution in [1.29, 1.82) is 0 Å². The van der Waals surface area contributed by atoms with Gasteiger partial charge in [-0.2, -0.15) is 0 Å². The van der Waals surface area contributed by atoms with Gasteiger partial charge in [-0.25, -0.2) is 0 Å². The molecule has 1 amide bonds. The molecule has 3 N–H and O–H groups in total. The molecule has 0 fully saturated rings. The highest BCUT2D eigenvalue weighted by molar-refractivity contribution is 5.92. The first kappa shape index (κ1) is 11.2. The summed E-state index contributed by atoms with van der Waals surface area (Å²) in [6, 6.07) is 17.2. The van der Waals surface area contributed by atoms with Gasteiger partial charge < -0.3 is 11.1 Å². The van der Waals surface area contributed by atoms with Crippen molar-refractivity contribution in [3.63, 3.8) is 0 Å². The van der Waals surface area contributed by atoms with E-state index in [0.29, 0.717) is 12.1 Å². The highest BCUT2D eigenvalue weighted by Gasteiger charge is 2.00. The maximum atomic E-state index is 11.0. The van der Waals surface area contributed by atoms with Crippen molar-refractivity contribution in [2.24, 2.45) is 5.73 Å². The molecule has 2 aromatic rings. The number of primary amides is 1. The number of para-hydroxylation sites is 1. The Balaban J connectivity index is 2.04. The maximum Gasteiger partial charge on any atom is 0.248 e. The highest BCUT2D eigenvalue weighted by Crippen LogP contribution is 2.09. The van der Waals surface area contributed by atoms with Gasteiger partial charge in [-0.15, -0.1) is 0 Å². The normalized spacial score (nSPS) is 9.88. The van der Waals surface area contributed by atoms with Crippen molar-refractivity contribution in [3.8, 4) is 0 Å². The van der Waals surface area contributed by atoms with Gasteiger partial charge in [0.15, 0.2) is 0 Å². The molecule has 0 bridgehead atoms. The summed E-state index contributed by atoms with van der Waals surface area (Å²) >= 11 is 0. The van der Waals surface area contributed by atoms with Crippen LogP contribution in [-0.4, -0.2) is 5.91 Å². The summed E-state index contributed by atoms with van der Waals surface area (Å²) < 4.78 is 0. The molecule has 0 aliphatic rings. The van der Waals surface area contributed by atoms with Crippen LogP contribution in [0.2, 0.25) is 0 Å². The molecule has 0 saturated heterocycles. The van der Waals surface area contributed by atoms with Gasteiger partial charge in [0.2, 0.25) is 5.91 Å². The van der Waals surface area contributed by atoms with Gasteiger partial charge in [0.1, 0.15) is 0 Å². The fourth-order valence-electron chi connectivity index (χ4n) is 1.59. The second kappa shape index (κ2) is 5.16. The van der Waals surface area contributed by atoms with Gasteiger partial charge in [-0.05, 0) is 29.8 Å². The Bertz CT molecular complexity index is 509. The molecule has 0 unspecified atom stereocenters. The predicted molar refractivity (Wildman–Crippen MR) is 68.7 cm³/mol. The van der Waals surface area contributed by atoms with Crippen molar-refractivity contribution >= 4 is 11.6 Å². The van der Waals surface area contributed by atoms with Crippen molar-refractivity contribution in [2.45, 2.75) is 6.54 Å². The van der Waals surface area contributed by atoms with E-state index in [9.17, 15) is 4.79 Å². The van der Waals surface area contributed by atoms with Crippen LogP contribution in [-0.2, 0) is 6.54 Å². The topological polar surface area (TPSA) is 55.1 Å². The number of benzene rings is 2.